The monoisotopic (exact) mass is 1140 g/mol. The fraction of sp³-hybridized carbons (Fsp3) is 0.155. The Labute approximate surface area is 492 Å². The lowest BCUT2D eigenvalue weighted by Crippen LogP contribution is -2.42. The molecule has 9 aromatic carbocycles. The summed E-state index contributed by atoms with van der Waals surface area (Å²) in [6, 6.07) is 48.2. The van der Waals surface area contributed by atoms with E-state index in [4.69, 9.17) is 13.5 Å². The van der Waals surface area contributed by atoms with Crippen molar-refractivity contribution in [1.29, 1.82) is 0 Å². The molecule has 12 aromatic rings. The Hall–Kier alpha value is -8.78. The van der Waals surface area contributed by atoms with Crippen LogP contribution in [0.5, 0.6) is 0 Å². The number of hydrogen-bond acceptors (Lipinski definition) is 10. The summed E-state index contributed by atoms with van der Waals surface area (Å²) in [5, 5.41) is 8.44. The van der Waals surface area contributed by atoms with Gasteiger partial charge in [0.1, 0.15) is 11.0 Å². The van der Waals surface area contributed by atoms with Crippen molar-refractivity contribution in [3.8, 4) is 20.9 Å². The quantitative estimate of drug-likeness (QED) is 0.0606. The largest absolute Gasteiger partial charge is 0.371 e. The molecule has 5 heterocycles. The zero-order chi connectivity index (χ0) is 57.2. The molecule has 0 atom stereocenters. The minimum Gasteiger partial charge on any atom is -0.371 e. The van der Waals surface area contributed by atoms with Crippen LogP contribution >= 0.6 is 34.4 Å². The van der Waals surface area contributed by atoms with E-state index in [9.17, 15) is 9.59 Å². The normalized spacial score (nSPS) is 13.7. The molecule has 0 unspecified atom stereocenters. The molecular weight excluding hydrogens is 1090 g/mol. The number of hydrogen-bond donors (Lipinski definition) is 0. The third kappa shape index (κ3) is 8.57. The van der Waals surface area contributed by atoms with E-state index in [0.29, 0.717) is 58.3 Å². The van der Waals surface area contributed by atoms with Crippen LogP contribution in [0.4, 0.5) is 5.69 Å². The molecule has 4 amide bonds. The highest BCUT2D eigenvalue weighted by Gasteiger charge is 2.40. The molecule has 2 aliphatic heterocycles. The minimum absolute atomic E-state index is 0.138. The van der Waals surface area contributed by atoms with Gasteiger partial charge in [0.25, 0.3) is 23.6 Å². The maximum Gasteiger partial charge on any atom is 0.265 e. The summed E-state index contributed by atoms with van der Waals surface area (Å²) in [4.78, 5) is 65.3. The SMILES string of the molecule is C=Cc1ccc(COCc2ccc(-c3ccc(-c4cc(CC(C)(C)c5ccc(C(C)(C)C)c(N6C(=O)c7ccc8c9ccc%10c%11c(ccc(c%12ccc(c7c8%12)C6=O)c%119)C(=O)N(Cc6ccc(C=C)cc6)C%10=O)c5)cs4)c4nsnc34)s2)cc1. The lowest BCUT2D eigenvalue weighted by Gasteiger charge is -2.34. The number of anilines is 1. The van der Waals surface area contributed by atoms with E-state index in [2.05, 4.69) is 114 Å². The first-order valence-electron chi connectivity index (χ1n) is 27.6. The van der Waals surface area contributed by atoms with Crippen LogP contribution in [0.1, 0.15) is 120 Å². The maximum absolute atomic E-state index is 15.3. The van der Waals surface area contributed by atoms with Gasteiger partial charge in [-0.2, -0.15) is 8.75 Å². The zero-order valence-corrected chi connectivity index (χ0v) is 48.8. The minimum atomic E-state index is -0.421. The summed E-state index contributed by atoms with van der Waals surface area (Å²) in [5.41, 5.74) is 12.5. The molecule has 0 aliphatic carbocycles. The predicted molar refractivity (Wildman–Crippen MR) is 340 cm³/mol. The molecule has 0 bridgehead atoms. The molecule has 0 saturated carbocycles. The van der Waals surface area contributed by atoms with E-state index >= 15 is 9.59 Å². The second-order valence-corrected chi connectivity index (χ2v) is 26.0. The van der Waals surface area contributed by atoms with Gasteiger partial charge in [-0.1, -0.05) is 157 Å². The third-order valence-corrected chi connectivity index (χ3v) is 19.4. The average molecular weight is 1140 g/mol. The van der Waals surface area contributed by atoms with Crippen LogP contribution in [0.15, 0.2) is 164 Å². The number of rotatable bonds is 14. The second-order valence-electron chi connectivity index (χ2n) is 23.4. The summed E-state index contributed by atoms with van der Waals surface area (Å²) in [6.45, 7) is 19.6. The first-order valence-corrected chi connectivity index (χ1v) is 30.0. The lowest BCUT2D eigenvalue weighted by atomic mass is 9.76. The Morgan fingerprint density at radius 1 is 0.518 bits per heavy atom. The number of ether oxygens (including phenoxy) is 1. The predicted octanol–water partition coefficient (Wildman–Crippen LogP) is 17.6. The Morgan fingerprint density at radius 3 is 1.58 bits per heavy atom. The van der Waals surface area contributed by atoms with E-state index in [1.165, 1.54) is 27.1 Å². The molecule has 9 nitrogen and oxygen atoms in total. The van der Waals surface area contributed by atoms with E-state index in [-0.39, 0.29) is 30.2 Å². The van der Waals surface area contributed by atoms with Gasteiger partial charge in [-0.05, 0) is 142 Å². The number of thiophene rings is 2. The fourth-order valence-electron chi connectivity index (χ4n) is 12.5. The lowest BCUT2D eigenvalue weighted by molar-refractivity contribution is 0.0597. The fourth-order valence-corrected chi connectivity index (χ4v) is 15.0. The van der Waals surface area contributed by atoms with Crippen molar-refractivity contribution in [3.63, 3.8) is 0 Å². The molecule has 3 aromatic heterocycles. The standard InChI is InChI=1S/C71H54N4O5S3/c1-8-39-10-14-41(15-11-39)35-74-66(76)52-26-20-46-48-22-28-54-63-55(29-23-49(61(48)63)47-21-27-53(67(74)77)62(52)60(46)47)69(79)75(68(54)78)57-33-44(18-30-56(57)70(3,4)5)71(6,7)34-43-32-59(81-38-43)51-25-24-50(64-65(51)73-83-72-64)58-31-19-45(82-58)37-80-36-42-16-12-40(9-2)13-17-42/h8-33,38H,1-2,34-37H2,3-7H3. The number of amides is 4. The molecule has 0 spiro atoms. The highest BCUT2D eigenvalue weighted by Crippen LogP contribution is 2.49. The first kappa shape index (κ1) is 52.3. The Balaban J connectivity index is 0.751. The van der Waals surface area contributed by atoms with Crippen molar-refractivity contribution >= 4 is 130 Å². The molecule has 0 saturated heterocycles. The van der Waals surface area contributed by atoms with Crippen molar-refractivity contribution in [3.05, 3.63) is 230 Å². The summed E-state index contributed by atoms with van der Waals surface area (Å²) in [7, 11) is 0. The van der Waals surface area contributed by atoms with Gasteiger partial charge in [0.15, 0.2) is 0 Å². The van der Waals surface area contributed by atoms with Gasteiger partial charge < -0.3 is 4.74 Å². The van der Waals surface area contributed by atoms with Crippen LogP contribution in [0.2, 0.25) is 0 Å². The van der Waals surface area contributed by atoms with Gasteiger partial charge in [0.05, 0.1) is 37.2 Å². The molecular formula is C71H54N4O5S3. The second kappa shape index (κ2) is 19.7. The van der Waals surface area contributed by atoms with E-state index < -0.39 is 10.8 Å². The average Bonchev–Trinajstić information content (AvgIpc) is 1.44. The van der Waals surface area contributed by atoms with Crippen LogP contribution in [0, 0.1) is 0 Å². The van der Waals surface area contributed by atoms with Gasteiger partial charge in [0, 0.05) is 58.8 Å². The van der Waals surface area contributed by atoms with Gasteiger partial charge in [0.2, 0.25) is 0 Å². The number of aromatic nitrogens is 2. The van der Waals surface area contributed by atoms with E-state index in [0.717, 1.165) is 102 Å². The van der Waals surface area contributed by atoms with Crippen LogP contribution in [0.25, 0.3) is 87.2 Å². The summed E-state index contributed by atoms with van der Waals surface area (Å²) >= 11 is 4.63. The number of fused-ring (bicyclic) bond motifs is 3. The van der Waals surface area contributed by atoms with Gasteiger partial charge >= 0.3 is 0 Å². The van der Waals surface area contributed by atoms with Crippen LogP contribution in [-0.4, -0.2) is 37.3 Å². The molecule has 83 heavy (non-hydrogen) atoms. The Bertz CT molecular complexity index is 4630. The molecule has 0 fully saturated rings. The first-order chi connectivity index (χ1) is 40.1. The van der Waals surface area contributed by atoms with Crippen LogP contribution in [0.3, 0.4) is 0 Å². The summed E-state index contributed by atoms with van der Waals surface area (Å²) < 4.78 is 15.7. The molecule has 12 heteroatoms. The zero-order valence-electron chi connectivity index (χ0n) is 46.4. The van der Waals surface area contributed by atoms with Gasteiger partial charge in [-0.3, -0.25) is 24.1 Å². The highest BCUT2D eigenvalue weighted by atomic mass is 32.1. The molecule has 0 radical (unpaired) electrons. The summed E-state index contributed by atoms with van der Waals surface area (Å²) in [5.74, 6) is -1.47. The van der Waals surface area contributed by atoms with E-state index in [1.54, 1.807) is 28.7 Å². The van der Waals surface area contributed by atoms with Gasteiger partial charge in [-0.15, -0.1) is 22.7 Å². The number of imide groups is 2. The van der Waals surface area contributed by atoms with Gasteiger partial charge in [-0.25, -0.2) is 4.90 Å². The highest BCUT2D eigenvalue weighted by molar-refractivity contribution is 7.15. The topological polar surface area (TPSA) is 110 Å². The molecule has 2 aliphatic rings. The number of carbonyl (C=O) groups excluding carboxylic acids is 4. The van der Waals surface area contributed by atoms with Crippen molar-refractivity contribution < 1.29 is 23.9 Å². The third-order valence-electron chi connectivity index (χ3n) is 16.7. The van der Waals surface area contributed by atoms with Crippen molar-refractivity contribution in [2.75, 3.05) is 4.90 Å². The van der Waals surface area contributed by atoms with Crippen molar-refractivity contribution in [1.82, 2.24) is 13.6 Å². The van der Waals surface area contributed by atoms with Crippen molar-refractivity contribution in [2.24, 2.45) is 0 Å². The number of nitrogens with zero attached hydrogens (tertiary/aromatic N) is 4. The molecule has 406 valence electrons. The van der Waals surface area contributed by atoms with Crippen LogP contribution in [-0.2, 0) is 41.7 Å². The van der Waals surface area contributed by atoms with E-state index in [1.807, 2.05) is 91.0 Å². The van der Waals surface area contributed by atoms with Crippen molar-refractivity contribution in [2.45, 2.75) is 71.6 Å². The molecule has 14 rings (SSSR count). The Morgan fingerprint density at radius 2 is 1.04 bits per heavy atom. The smallest absolute Gasteiger partial charge is 0.265 e. The number of benzene rings is 9. The Kier molecular flexibility index (Phi) is 12.4. The molecule has 0 N–H and O–H groups in total. The summed E-state index contributed by atoms with van der Waals surface area (Å²) in [6.07, 6.45) is 4.29. The number of carbonyl (C=O) groups is 4. The maximum atomic E-state index is 15.3. The van der Waals surface area contributed by atoms with Crippen LogP contribution < -0.4 is 4.90 Å².